The van der Waals surface area contributed by atoms with Gasteiger partial charge in [0.15, 0.2) is 0 Å². The Morgan fingerprint density at radius 1 is 1.47 bits per heavy atom. The van der Waals surface area contributed by atoms with Crippen LogP contribution in [0.2, 0.25) is 0 Å². The number of hydrogen-bond acceptors (Lipinski definition) is 2. The van der Waals surface area contributed by atoms with Crippen LogP contribution in [0.3, 0.4) is 0 Å². The molecule has 84 valence electrons. The second kappa shape index (κ2) is 5.96. The van der Waals surface area contributed by atoms with Crippen molar-refractivity contribution in [2.24, 2.45) is 0 Å². The molecule has 0 saturated heterocycles. The number of ether oxygens (including phenoxy) is 1. The summed E-state index contributed by atoms with van der Waals surface area (Å²) in [6.07, 6.45) is 2.40. The Morgan fingerprint density at radius 2 is 2.20 bits per heavy atom. The molecule has 1 atom stereocenters. The second-order valence-electron chi connectivity index (χ2n) is 3.75. The molecule has 3 heteroatoms. The molecule has 0 aliphatic carbocycles. The molecule has 0 radical (unpaired) electrons. The largest absolute Gasteiger partial charge is 0.489 e. The summed E-state index contributed by atoms with van der Waals surface area (Å²) in [4.78, 5) is 4.35. The minimum absolute atomic E-state index is 0.224. The molecule has 0 fully saturated rings. The molecule has 2 nitrogen and oxygen atoms in total. The van der Waals surface area contributed by atoms with Crippen molar-refractivity contribution in [3.63, 3.8) is 0 Å². The lowest BCUT2D eigenvalue weighted by atomic mass is 10.2. The van der Waals surface area contributed by atoms with Crippen molar-refractivity contribution < 1.29 is 4.74 Å². The Morgan fingerprint density at radius 3 is 2.80 bits per heavy atom. The fraction of sp³-hybridized carbons (Fsp3) is 0.583. The third-order valence-electron chi connectivity index (χ3n) is 2.22. The second-order valence-corrected chi connectivity index (χ2v) is 4.02. The van der Waals surface area contributed by atoms with Crippen molar-refractivity contribution >= 4 is 11.6 Å². The Labute approximate surface area is 96.6 Å². The van der Waals surface area contributed by atoms with E-state index in [1.807, 2.05) is 19.1 Å². The van der Waals surface area contributed by atoms with Crippen LogP contribution in [0.4, 0.5) is 0 Å². The number of halogens is 1. The predicted molar refractivity (Wildman–Crippen MR) is 63.5 cm³/mol. The zero-order valence-corrected chi connectivity index (χ0v) is 10.3. The van der Waals surface area contributed by atoms with E-state index in [1.54, 1.807) is 0 Å². The number of alkyl halides is 1. The highest BCUT2D eigenvalue weighted by Crippen LogP contribution is 2.21. The molecule has 0 saturated carbocycles. The number of pyridine rings is 1. The van der Waals surface area contributed by atoms with E-state index in [1.165, 1.54) is 0 Å². The van der Waals surface area contributed by atoms with Gasteiger partial charge in [0, 0.05) is 5.69 Å². The lowest BCUT2D eigenvalue weighted by Crippen LogP contribution is -2.12. The van der Waals surface area contributed by atoms with Crippen LogP contribution in [-0.2, 0) is 5.88 Å². The summed E-state index contributed by atoms with van der Waals surface area (Å²) in [5.41, 5.74) is 1.81. The predicted octanol–water partition coefficient (Wildman–Crippen LogP) is 3.70. The zero-order valence-electron chi connectivity index (χ0n) is 9.59. The van der Waals surface area contributed by atoms with Gasteiger partial charge in [-0.05, 0) is 32.4 Å². The van der Waals surface area contributed by atoms with Gasteiger partial charge >= 0.3 is 0 Å². The first-order chi connectivity index (χ1) is 7.17. The van der Waals surface area contributed by atoms with Crippen molar-refractivity contribution in [2.75, 3.05) is 0 Å². The molecule has 0 spiro atoms. The van der Waals surface area contributed by atoms with Crippen molar-refractivity contribution in [1.29, 1.82) is 0 Å². The van der Waals surface area contributed by atoms with Gasteiger partial charge in [-0.3, -0.25) is 4.98 Å². The van der Waals surface area contributed by atoms with Gasteiger partial charge in [-0.25, -0.2) is 0 Å². The van der Waals surface area contributed by atoms with E-state index in [-0.39, 0.29) is 6.10 Å². The minimum atomic E-state index is 0.224. The normalized spacial score (nSPS) is 12.5. The first-order valence-corrected chi connectivity index (χ1v) is 5.90. The maximum atomic E-state index is 5.82. The van der Waals surface area contributed by atoms with Gasteiger partial charge in [0.2, 0.25) is 0 Å². The molecule has 15 heavy (non-hydrogen) atoms. The number of hydrogen-bond donors (Lipinski definition) is 0. The monoisotopic (exact) mass is 227 g/mol. The molecule has 1 unspecified atom stereocenters. The van der Waals surface area contributed by atoms with Gasteiger partial charge in [-0.1, -0.05) is 13.3 Å². The average Bonchev–Trinajstić information content (AvgIpc) is 2.21. The zero-order chi connectivity index (χ0) is 11.3. The summed E-state index contributed by atoms with van der Waals surface area (Å²) in [6.45, 7) is 6.17. The minimum Gasteiger partial charge on any atom is -0.489 e. The first kappa shape index (κ1) is 12.3. The molecule has 1 aromatic heterocycles. The molecular formula is C12H18ClNO. The van der Waals surface area contributed by atoms with Crippen LogP contribution in [0, 0.1) is 6.92 Å². The Kier molecular flexibility index (Phi) is 4.89. The number of aryl methyl sites for hydroxylation is 1. The van der Waals surface area contributed by atoms with E-state index in [0.29, 0.717) is 5.88 Å². The van der Waals surface area contributed by atoms with Crippen molar-refractivity contribution in [3.8, 4) is 5.75 Å². The lowest BCUT2D eigenvalue weighted by molar-refractivity contribution is 0.207. The topological polar surface area (TPSA) is 22.1 Å². The highest BCUT2D eigenvalue weighted by molar-refractivity contribution is 6.17. The molecule has 1 aromatic rings. The van der Waals surface area contributed by atoms with Gasteiger partial charge in [0.05, 0.1) is 17.7 Å². The van der Waals surface area contributed by atoms with Gasteiger partial charge in [0.1, 0.15) is 5.75 Å². The first-order valence-electron chi connectivity index (χ1n) is 5.36. The quantitative estimate of drug-likeness (QED) is 0.716. The van der Waals surface area contributed by atoms with Crippen molar-refractivity contribution in [2.45, 2.75) is 45.6 Å². The van der Waals surface area contributed by atoms with Crippen LogP contribution >= 0.6 is 11.6 Å². The third kappa shape index (κ3) is 3.71. The molecular weight excluding hydrogens is 210 g/mol. The lowest BCUT2D eigenvalue weighted by Gasteiger charge is -2.15. The number of rotatable bonds is 5. The standard InChI is InChI=1S/C12H18ClNO/c1-4-5-10(3)15-12-7-6-9(2)14-11(12)8-13/h6-7,10H,4-5,8H2,1-3H3. The fourth-order valence-electron chi connectivity index (χ4n) is 1.48. The van der Waals surface area contributed by atoms with Gasteiger partial charge in [-0.2, -0.15) is 0 Å². The van der Waals surface area contributed by atoms with Crippen molar-refractivity contribution in [3.05, 3.63) is 23.5 Å². The SMILES string of the molecule is CCCC(C)Oc1ccc(C)nc1CCl. The van der Waals surface area contributed by atoms with Crippen LogP contribution in [0.5, 0.6) is 5.75 Å². The van der Waals surface area contributed by atoms with E-state index >= 15 is 0 Å². The van der Waals surface area contributed by atoms with Crippen LogP contribution in [0.25, 0.3) is 0 Å². The molecule has 0 aromatic carbocycles. The summed E-state index contributed by atoms with van der Waals surface area (Å²) in [6, 6.07) is 3.90. The van der Waals surface area contributed by atoms with E-state index < -0.39 is 0 Å². The van der Waals surface area contributed by atoms with Gasteiger partial charge in [-0.15, -0.1) is 11.6 Å². The summed E-state index contributed by atoms with van der Waals surface area (Å²) in [5.74, 6) is 1.21. The summed E-state index contributed by atoms with van der Waals surface area (Å²) >= 11 is 5.82. The average molecular weight is 228 g/mol. The van der Waals surface area contributed by atoms with E-state index in [2.05, 4.69) is 18.8 Å². The summed E-state index contributed by atoms with van der Waals surface area (Å²) in [7, 11) is 0. The van der Waals surface area contributed by atoms with Crippen LogP contribution in [-0.4, -0.2) is 11.1 Å². The van der Waals surface area contributed by atoms with Crippen molar-refractivity contribution in [1.82, 2.24) is 4.98 Å². The number of aromatic nitrogens is 1. The fourth-order valence-corrected chi connectivity index (χ4v) is 1.67. The van der Waals surface area contributed by atoms with Crippen LogP contribution < -0.4 is 4.74 Å². The molecule has 0 aliphatic rings. The molecule has 1 heterocycles. The summed E-state index contributed by atoms with van der Waals surface area (Å²) < 4.78 is 5.78. The highest BCUT2D eigenvalue weighted by Gasteiger charge is 2.08. The Bertz CT molecular complexity index is 314. The maximum Gasteiger partial charge on any atom is 0.142 e. The van der Waals surface area contributed by atoms with Gasteiger partial charge in [0.25, 0.3) is 0 Å². The molecule has 1 rings (SSSR count). The Hall–Kier alpha value is -0.760. The number of nitrogens with zero attached hydrogens (tertiary/aromatic N) is 1. The van der Waals surface area contributed by atoms with E-state index in [9.17, 15) is 0 Å². The molecule has 0 aliphatic heterocycles. The van der Waals surface area contributed by atoms with Gasteiger partial charge < -0.3 is 4.74 Å². The summed E-state index contributed by atoms with van der Waals surface area (Å²) in [5, 5.41) is 0. The molecule has 0 bridgehead atoms. The maximum absolute atomic E-state index is 5.82. The molecule has 0 N–H and O–H groups in total. The van der Waals surface area contributed by atoms with E-state index in [4.69, 9.17) is 16.3 Å². The van der Waals surface area contributed by atoms with Crippen LogP contribution in [0.15, 0.2) is 12.1 Å². The van der Waals surface area contributed by atoms with E-state index in [0.717, 1.165) is 30.0 Å². The third-order valence-corrected chi connectivity index (χ3v) is 2.47. The molecule has 0 amide bonds. The Balaban J connectivity index is 2.75. The highest BCUT2D eigenvalue weighted by atomic mass is 35.5. The smallest absolute Gasteiger partial charge is 0.142 e. The van der Waals surface area contributed by atoms with Crippen LogP contribution in [0.1, 0.15) is 38.1 Å².